The molecule has 106 valence electrons. The van der Waals surface area contributed by atoms with Gasteiger partial charge in [0.1, 0.15) is 11.9 Å². The molecule has 0 fully saturated rings. The van der Waals surface area contributed by atoms with Gasteiger partial charge < -0.3 is 9.90 Å². The third-order valence-corrected chi connectivity index (χ3v) is 3.05. The summed E-state index contributed by atoms with van der Waals surface area (Å²) in [5.41, 5.74) is 1.91. The molecule has 2 rings (SSSR count). The minimum absolute atomic E-state index is 0.357. The maximum absolute atomic E-state index is 12.9. The summed E-state index contributed by atoms with van der Waals surface area (Å²) < 4.78 is 14.5. The Morgan fingerprint density at radius 1 is 1.38 bits per heavy atom. The fourth-order valence-corrected chi connectivity index (χ4v) is 1.98. The van der Waals surface area contributed by atoms with E-state index in [1.165, 1.54) is 18.2 Å². The SMILES string of the molecule is Cc1nn(-c2ccc(F)cc2)c(C)c1/C=C(\C#N)C(=O)[O-]. The van der Waals surface area contributed by atoms with Gasteiger partial charge in [0, 0.05) is 11.3 Å². The van der Waals surface area contributed by atoms with E-state index in [2.05, 4.69) is 5.10 Å². The molecular weight excluding hydrogens is 273 g/mol. The molecule has 0 N–H and O–H groups in total. The van der Waals surface area contributed by atoms with E-state index in [0.717, 1.165) is 0 Å². The number of aryl methyl sites for hydroxylation is 1. The monoisotopic (exact) mass is 284 g/mol. The standard InChI is InChI=1S/C15H12FN3O2/c1-9-14(7-11(8-17)15(20)21)10(2)19(18-9)13-5-3-12(16)4-6-13/h3-7H,1-2H3,(H,20,21)/p-1/b11-7+. The van der Waals surface area contributed by atoms with E-state index in [-0.39, 0.29) is 5.82 Å². The smallest absolute Gasteiger partial charge is 0.123 e. The minimum atomic E-state index is -1.54. The van der Waals surface area contributed by atoms with Crippen molar-refractivity contribution < 1.29 is 14.3 Å². The van der Waals surface area contributed by atoms with Crippen molar-refractivity contribution in [3.63, 3.8) is 0 Å². The molecular formula is C15H11FN3O2-. The molecule has 0 saturated carbocycles. The van der Waals surface area contributed by atoms with E-state index in [1.807, 2.05) is 0 Å². The van der Waals surface area contributed by atoms with E-state index in [0.29, 0.717) is 22.6 Å². The van der Waals surface area contributed by atoms with Crippen molar-refractivity contribution in [2.24, 2.45) is 0 Å². The number of carboxylic acids is 1. The summed E-state index contributed by atoms with van der Waals surface area (Å²) in [6.07, 6.45) is 1.23. The van der Waals surface area contributed by atoms with Crippen molar-refractivity contribution >= 4 is 12.0 Å². The molecule has 0 aliphatic carbocycles. The summed E-state index contributed by atoms with van der Waals surface area (Å²) in [6.45, 7) is 3.43. The lowest BCUT2D eigenvalue weighted by molar-refractivity contribution is -0.298. The molecule has 1 aromatic heterocycles. The van der Waals surface area contributed by atoms with Gasteiger partial charge in [-0.05, 0) is 44.2 Å². The van der Waals surface area contributed by atoms with Gasteiger partial charge in [-0.2, -0.15) is 10.4 Å². The first-order valence-electron chi connectivity index (χ1n) is 6.09. The van der Waals surface area contributed by atoms with Crippen LogP contribution >= 0.6 is 0 Å². The lowest BCUT2D eigenvalue weighted by atomic mass is 10.1. The van der Waals surface area contributed by atoms with E-state index in [9.17, 15) is 14.3 Å². The molecule has 0 unspecified atom stereocenters. The molecule has 0 aliphatic heterocycles. The summed E-state index contributed by atoms with van der Waals surface area (Å²) in [6, 6.07) is 7.31. The van der Waals surface area contributed by atoms with Crippen LogP contribution < -0.4 is 5.11 Å². The van der Waals surface area contributed by atoms with Crippen LogP contribution in [0.25, 0.3) is 11.8 Å². The Morgan fingerprint density at radius 2 is 2.00 bits per heavy atom. The van der Waals surface area contributed by atoms with Gasteiger partial charge in [-0.25, -0.2) is 9.07 Å². The zero-order chi connectivity index (χ0) is 15.6. The van der Waals surface area contributed by atoms with Crippen molar-refractivity contribution in [2.45, 2.75) is 13.8 Å². The molecule has 0 atom stereocenters. The molecule has 5 nitrogen and oxygen atoms in total. The van der Waals surface area contributed by atoms with Crippen LogP contribution in [0.2, 0.25) is 0 Å². The number of nitriles is 1. The van der Waals surface area contributed by atoms with Gasteiger partial charge in [0.2, 0.25) is 0 Å². The molecule has 6 heteroatoms. The first kappa shape index (κ1) is 14.5. The van der Waals surface area contributed by atoms with Gasteiger partial charge in [0.05, 0.1) is 22.9 Å². The number of rotatable bonds is 3. The summed E-state index contributed by atoms with van der Waals surface area (Å²) in [7, 11) is 0. The Kier molecular flexibility index (Phi) is 3.85. The Hall–Kier alpha value is -2.94. The normalized spacial score (nSPS) is 11.2. The van der Waals surface area contributed by atoms with E-state index in [1.54, 1.807) is 36.7 Å². The Morgan fingerprint density at radius 3 is 2.52 bits per heavy atom. The third kappa shape index (κ3) is 2.82. The van der Waals surface area contributed by atoms with Gasteiger partial charge in [-0.3, -0.25) is 0 Å². The predicted octanol–water partition coefficient (Wildman–Crippen LogP) is 1.29. The van der Waals surface area contributed by atoms with Gasteiger partial charge in [0.25, 0.3) is 0 Å². The van der Waals surface area contributed by atoms with Crippen LogP contribution in [0.4, 0.5) is 4.39 Å². The molecule has 0 bridgehead atoms. The highest BCUT2D eigenvalue weighted by molar-refractivity contribution is 5.95. The van der Waals surface area contributed by atoms with Crippen LogP contribution in [-0.2, 0) is 4.79 Å². The number of benzene rings is 1. The molecule has 0 spiro atoms. The van der Waals surface area contributed by atoms with Crippen LogP contribution in [-0.4, -0.2) is 15.7 Å². The topological polar surface area (TPSA) is 81.7 Å². The first-order chi connectivity index (χ1) is 9.93. The zero-order valence-electron chi connectivity index (χ0n) is 11.4. The number of nitrogens with zero attached hydrogens (tertiary/aromatic N) is 3. The number of aromatic nitrogens is 2. The van der Waals surface area contributed by atoms with Crippen LogP contribution in [0.5, 0.6) is 0 Å². The van der Waals surface area contributed by atoms with Crippen molar-refractivity contribution in [1.29, 1.82) is 5.26 Å². The van der Waals surface area contributed by atoms with Crippen LogP contribution in [0, 0.1) is 31.0 Å². The number of halogens is 1. The second-order valence-corrected chi connectivity index (χ2v) is 4.43. The highest BCUT2D eigenvalue weighted by atomic mass is 19.1. The van der Waals surface area contributed by atoms with Crippen LogP contribution in [0.15, 0.2) is 29.8 Å². The summed E-state index contributed by atoms with van der Waals surface area (Å²) >= 11 is 0. The fourth-order valence-electron chi connectivity index (χ4n) is 1.98. The molecule has 1 aromatic carbocycles. The Labute approximate surface area is 120 Å². The molecule has 0 saturated heterocycles. The van der Waals surface area contributed by atoms with E-state index in [4.69, 9.17) is 5.26 Å². The molecule has 0 radical (unpaired) electrons. The molecule has 21 heavy (non-hydrogen) atoms. The van der Waals surface area contributed by atoms with Gasteiger partial charge >= 0.3 is 0 Å². The minimum Gasteiger partial charge on any atom is -0.544 e. The van der Waals surface area contributed by atoms with Crippen molar-refractivity contribution in [3.8, 4) is 11.8 Å². The Bertz CT molecular complexity index is 767. The quantitative estimate of drug-likeness (QED) is 0.628. The highest BCUT2D eigenvalue weighted by Crippen LogP contribution is 2.20. The molecule has 1 heterocycles. The molecule has 0 aliphatic rings. The van der Waals surface area contributed by atoms with Crippen LogP contribution in [0.3, 0.4) is 0 Å². The van der Waals surface area contributed by atoms with E-state index < -0.39 is 11.5 Å². The van der Waals surface area contributed by atoms with Crippen molar-refractivity contribution in [3.05, 3.63) is 52.6 Å². The number of carbonyl (C=O) groups excluding carboxylic acids is 1. The lowest BCUT2D eigenvalue weighted by Crippen LogP contribution is -2.23. The van der Waals surface area contributed by atoms with Gasteiger partial charge in [-0.1, -0.05) is 0 Å². The number of hydrogen-bond acceptors (Lipinski definition) is 4. The van der Waals surface area contributed by atoms with E-state index >= 15 is 0 Å². The number of hydrogen-bond donors (Lipinski definition) is 0. The molecule has 2 aromatic rings. The summed E-state index contributed by atoms with van der Waals surface area (Å²) in [4.78, 5) is 10.8. The first-order valence-corrected chi connectivity index (χ1v) is 6.09. The second-order valence-electron chi connectivity index (χ2n) is 4.43. The summed E-state index contributed by atoms with van der Waals surface area (Å²) in [5, 5.41) is 23.9. The van der Waals surface area contributed by atoms with Gasteiger partial charge in [0.15, 0.2) is 0 Å². The predicted molar refractivity (Wildman–Crippen MR) is 71.6 cm³/mol. The zero-order valence-corrected chi connectivity index (χ0v) is 11.4. The molecule has 0 amide bonds. The highest BCUT2D eigenvalue weighted by Gasteiger charge is 2.12. The summed E-state index contributed by atoms with van der Waals surface area (Å²) in [5.74, 6) is -1.89. The maximum Gasteiger partial charge on any atom is 0.123 e. The van der Waals surface area contributed by atoms with Crippen LogP contribution in [0.1, 0.15) is 17.0 Å². The fraction of sp³-hybridized carbons (Fsp3) is 0.133. The van der Waals surface area contributed by atoms with Gasteiger partial charge in [-0.15, -0.1) is 0 Å². The lowest BCUT2D eigenvalue weighted by Gasteiger charge is -2.04. The largest absolute Gasteiger partial charge is 0.544 e. The second kappa shape index (κ2) is 5.59. The Balaban J connectivity index is 2.55. The van der Waals surface area contributed by atoms with Crippen molar-refractivity contribution in [1.82, 2.24) is 9.78 Å². The number of carbonyl (C=O) groups is 1. The third-order valence-electron chi connectivity index (χ3n) is 3.05. The number of carboxylic acid groups (broad SMARTS) is 1. The average molecular weight is 284 g/mol. The average Bonchev–Trinajstić information content (AvgIpc) is 2.72. The maximum atomic E-state index is 12.9. The number of aliphatic carboxylic acids is 1. The van der Waals surface area contributed by atoms with Crippen molar-refractivity contribution in [2.75, 3.05) is 0 Å².